The molecule has 3 nitrogen and oxygen atoms in total. The van der Waals surface area contributed by atoms with E-state index in [-0.39, 0.29) is 0 Å². The zero-order valence-electron chi connectivity index (χ0n) is 20.6. The number of carboxylic acids is 1. The largest absolute Gasteiger partial charge is 0.478 e. The van der Waals surface area contributed by atoms with Gasteiger partial charge >= 0.3 is 5.97 Å². The maximum atomic E-state index is 10.7. The fourth-order valence-electron chi connectivity index (χ4n) is 5.82. The molecule has 0 saturated heterocycles. The molecule has 0 radical (unpaired) electrons. The predicted molar refractivity (Wildman–Crippen MR) is 130 cm³/mol. The number of unbranched alkanes of at least 4 members (excludes halogenated alkanes) is 6. The minimum Gasteiger partial charge on any atom is -0.478 e. The second kappa shape index (κ2) is 15.9. The second-order valence-electron chi connectivity index (χ2n) is 10.5. The first kappa shape index (κ1) is 26.4. The van der Waals surface area contributed by atoms with E-state index in [4.69, 9.17) is 9.84 Å². The Hall–Kier alpha value is -0.830. The first-order chi connectivity index (χ1) is 15.1. The molecule has 3 heteroatoms. The first-order valence-electron chi connectivity index (χ1n) is 13.6. The van der Waals surface area contributed by atoms with E-state index >= 15 is 0 Å². The Bertz CT molecular complexity index is 496. The van der Waals surface area contributed by atoms with Gasteiger partial charge in [-0.15, -0.1) is 0 Å². The number of carbonyl (C=O) groups is 1. The maximum absolute atomic E-state index is 10.7. The number of aliphatic carboxylic acids is 1. The van der Waals surface area contributed by atoms with Gasteiger partial charge < -0.3 is 9.84 Å². The van der Waals surface area contributed by atoms with Crippen LogP contribution in [0.2, 0.25) is 0 Å². The second-order valence-corrected chi connectivity index (χ2v) is 10.5. The third-order valence-electron chi connectivity index (χ3n) is 8.05. The highest BCUT2D eigenvalue weighted by molar-refractivity contribution is 5.85. The van der Waals surface area contributed by atoms with E-state index < -0.39 is 5.97 Å². The van der Waals surface area contributed by atoms with Gasteiger partial charge in [-0.2, -0.15) is 0 Å². The van der Waals surface area contributed by atoms with Gasteiger partial charge in [0, 0.05) is 18.8 Å². The Morgan fingerprint density at radius 3 is 2.06 bits per heavy atom. The van der Waals surface area contributed by atoms with Crippen molar-refractivity contribution >= 4 is 5.97 Å². The zero-order valence-corrected chi connectivity index (χ0v) is 20.6. The summed E-state index contributed by atoms with van der Waals surface area (Å²) in [6.45, 7) is 5.85. The van der Waals surface area contributed by atoms with Crippen molar-refractivity contribution in [3.05, 3.63) is 11.6 Å². The highest BCUT2D eigenvalue weighted by atomic mass is 16.5. The van der Waals surface area contributed by atoms with Crippen molar-refractivity contribution in [1.29, 1.82) is 0 Å². The van der Waals surface area contributed by atoms with Crippen LogP contribution in [0.3, 0.4) is 0 Å². The third-order valence-corrected chi connectivity index (χ3v) is 8.05. The average Bonchev–Trinajstić information content (AvgIpc) is 2.79. The number of rotatable bonds is 15. The van der Waals surface area contributed by atoms with Crippen LogP contribution in [-0.4, -0.2) is 24.3 Å². The quantitative estimate of drug-likeness (QED) is 0.209. The highest BCUT2D eigenvalue weighted by Crippen LogP contribution is 2.42. The Labute approximate surface area is 192 Å². The molecule has 0 heterocycles. The molecular formula is C28H50O3. The SMILES string of the molecule is CCCCC[C@H]1CC[C@H](C2CCC(COCCCCCC/C=C(\C)C(=O)O)CC2)CC1. The topological polar surface area (TPSA) is 46.5 Å². The lowest BCUT2D eigenvalue weighted by atomic mass is 9.69. The Morgan fingerprint density at radius 2 is 1.45 bits per heavy atom. The minimum atomic E-state index is -0.799. The van der Waals surface area contributed by atoms with Crippen molar-refractivity contribution in [2.24, 2.45) is 23.7 Å². The number of carboxylic acid groups (broad SMARTS) is 1. The zero-order chi connectivity index (χ0) is 22.3. The van der Waals surface area contributed by atoms with Crippen LogP contribution in [0.1, 0.15) is 123 Å². The minimum absolute atomic E-state index is 0.466. The van der Waals surface area contributed by atoms with Crippen LogP contribution in [-0.2, 0) is 9.53 Å². The van der Waals surface area contributed by atoms with E-state index in [0.717, 1.165) is 56.1 Å². The number of ether oxygens (including phenoxy) is 1. The van der Waals surface area contributed by atoms with Crippen LogP contribution in [0.15, 0.2) is 11.6 Å². The summed E-state index contributed by atoms with van der Waals surface area (Å²) in [5.41, 5.74) is 0.466. The summed E-state index contributed by atoms with van der Waals surface area (Å²) >= 11 is 0. The first-order valence-corrected chi connectivity index (χ1v) is 13.6. The van der Waals surface area contributed by atoms with Crippen molar-refractivity contribution in [3.63, 3.8) is 0 Å². The number of hydrogen-bond donors (Lipinski definition) is 1. The molecule has 180 valence electrons. The molecule has 0 amide bonds. The smallest absolute Gasteiger partial charge is 0.330 e. The average molecular weight is 435 g/mol. The van der Waals surface area contributed by atoms with Gasteiger partial charge in [0.05, 0.1) is 0 Å². The highest BCUT2D eigenvalue weighted by Gasteiger charge is 2.30. The van der Waals surface area contributed by atoms with Crippen molar-refractivity contribution < 1.29 is 14.6 Å². The Kier molecular flexibility index (Phi) is 13.5. The molecular weight excluding hydrogens is 384 g/mol. The summed E-state index contributed by atoms with van der Waals surface area (Å²) in [6, 6.07) is 0. The van der Waals surface area contributed by atoms with Crippen LogP contribution < -0.4 is 0 Å². The normalized spacial score (nSPS) is 27.4. The van der Waals surface area contributed by atoms with Gasteiger partial charge in [-0.05, 0) is 88.4 Å². The Morgan fingerprint density at radius 1 is 0.839 bits per heavy atom. The summed E-state index contributed by atoms with van der Waals surface area (Å²) in [7, 11) is 0. The number of hydrogen-bond acceptors (Lipinski definition) is 2. The molecule has 0 spiro atoms. The van der Waals surface area contributed by atoms with Gasteiger partial charge in [-0.3, -0.25) is 0 Å². The van der Waals surface area contributed by atoms with E-state index in [1.807, 2.05) is 6.08 Å². The molecule has 2 rings (SSSR count). The van der Waals surface area contributed by atoms with Crippen LogP contribution in [0.25, 0.3) is 0 Å². The molecule has 2 saturated carbocycles. The van der Waals surface area contributed by atoms with Gasteiger partial charge in [0.15, 0.2) is 0 Å². The van der Waals surface area contributed by atoms with Crippen molar-refractivity contribution in [2.45, 2.75) is 123 Å². The summed E-state index contributed by atoms with van der Waals surface area (Å²) in [5.74, 6) is 3.07. The van der Waals surface area contributed by atoms with Crippen LogP contribution >= 0.6 is 0 Å². The lowest BCUT2D eigenvalue weighted by Crippen LogP contribution is -2.27. The van der Waals surface area contributed by atoms with Gasteiger partial charge in [0.25, 0.3) is 0 Å². The molecule has 0 aromatic carbocycles. The summed E-state index contributed by atoms with van der Waals surface area (Å²) in [6.07, 6.45) is 24.7. The molecule has 0 aromatic rings. The van der Waals surface area contributed by atoms with E-state index in [1.165, 1.54) is 89.9 Å². The van der Waals surface area contributed by atoms with E-state index in [9.17, 15) is 4.79 Å². The van der Waals surface area contributed by atoms with Crippen molar-refractivity contribution in [1.82, 2.24) is 0 Å². The number of allylic oxidation sites excluding steroid dienone is 1. The predicted octanol–water partition coefficient (Wildman–Crippen LogP) is 8.18. The molecule has 2 aliphatic rings. The van der Waals surface area contributed by atoms with Gasteiger partial charge in [-0.25, -0.2) is 4.79 Å². The van der Waals surface area contributed by atoms with Crippen molar-refractivity contribution in [3.8, 4) is 0 Å². The molecule has 0 aromatic heterocycles. The summed E-state index contributed by atoms with van der Waals surface area (Å²) in [5, 5.41) is 8.83. The van der Waals surface area contributed by atoms with Crippen LogP contribution in [0.5, 0.6) is 0 Å². The van der Waals surface area contributed by atoms with Crippen molar-refractivity contribution in [2.75, 3.05) is 13.2 Å². The van der Waals surface area contributed by atoms with E-state index in [1.54, 1.807) is 6.92 Å². The van der Waals surface area contributed by atoms with Crippen LogP contribution in [0.4, 0.5) is 0 Å². The maximum Gasteiger partial charge on any atom is 0.330 e. The molecule has 31 heavy (non-hydrogen) atoms. The van der Waals surface area contributed by atoms with Gasteiger partial charge in [0.2, 0.25) is 0 Å². The lowest BCUT2D eigenvalue weighted by Gasteiger charge is -2.38. The van der Waals surface area contributed by atoms with Gasteiger partial charge in [-0.1, -0.05) is 64.4 Å². The summed E-state index contributed by atoms with van der Waals surface area (Å²) in [4.78, 5) is 10.7. The van der Waals surface area contributed by atoms with E-state index in [0.29, 0.717) is 5.57 Å². The fourth-order valence-corrected chi connectivity index (χ4v) is 5.82. The molecule has 2 fully saturated rings. The fraction of sp³-hybridized carbons (Fsp3) is 0.893. The van der Waals surface area contributed by atoms with E-state index in [2.05, 4.69) is 6.92 Å². The standard InChI is InChI=1S/C28H50O3/c1-3-4-8-12-24-13-17-26(18-14-24)27-19-15-25(16-20-27)22-31-21-10-7-5-6-9-11-23(2)28(29)30/h11,24-27H,3-10,12-22H2,1-2H3,(H,29,30)/b23-11+/t24-,25?,26-,27?. The molecule has 0 atom stereocenters. The molecule has 0 aliphatic heterocycles. The molecule has 0 unspecified atom stereocenters. The molecule has 2 aliphatic carbocycles. The monoisotopic (exact) mass is 434 g/mol. The molecule has 0 bridgehead atoms. The van der Waals surface area contributed by atoms with Gasteiger partial charge in [0.1, 0.15) is 0 Å². The summed E-state index contributed by atoms with van der Waals surface area (Å²) < 4.78 is 6.00. The lowest BCUT2D eigenvalue weighted by molar-refractivity contribution is -0.132. The Balaban J connectivity index is 1.43. The third kappa shape index (κ3) is 11.0. The molecule has 1 N–H and O–H groups in total. The van der Waals surface area contributed by atoms with Crippen LogP contribution in [0, 0.1) is 23.7 Å².